The van der Waals surface area contributed by atoms with Gasteiger partial charge in [-0.05, 0) is 90.1 Å². The fourth-order valence-electron chi connectivity index (χ4n) is 8.83. The summed E-state index contributed by atoms with van der Waals surface area (Å²) < 4.78 is 12.0. The first-order valence-electron chi connectivity index (χ1n) is 18.9. The van der Waals surface area contributed by atoms with E-state index >= 15 is 0 Å². The van der Waals surface area contributed by atoms with Gasteiger partial charge in [0.2, 0.25) is 0 Å². The van der Waals surface area contributed by atoms with Gasteiger partial charge in [0.15, 0.2) is 0 Å². The molecule has 10 heteroatoms. The van der Waals surface area contributed by atoms with Crippen molar-refractivity contribution in [2.45, 2.75) is 107 Å². The van der Waals surface area contributed by atoms with Crippen molar-refractivity contribution in [1.82, 2.24) is 0 Å². The fraction of sp³-hybridized carbons (Fsp3) is 0.432. The van der Waals surface area contributed by atoms with Gasteiger partial charge in [0, 0.05) is 48.3 Å². The topological polar surface area (TPSA) is 171 Å². The Labute approximate surface area is 314 Å². The van der Waals surface area contributed by atoms with E-state index in [1.165, 1.54) is 24.3 Å². The molecule has 0 unspecified atom stereocenters. The Hall–Kier alpha value is -4.95. The summed E-state index contributed by atoms with van der Waals surface area (Å²) in [4.78, 5) is 40.8. The molecular formula is C44H46O10. The van der Waals surface area contributed by atoms with Gasteiger partial charge in [-0.3, -0.25) is 9.59 Å². The van der Waals surface area contributed by atoms with Crippen LogP contribution in [-0.4, -0.2) is 61.1 Å². The van der Waals surface area contributed by atoms with Crippen LogP contribution in [0.3, 0.4) is 0 Å². The molecule has 10 nitrogen and oxygen atoms in total. The van der Waals surface area contributed by atoms with Gasteiger partial charge in [0.05, 0.1) is 25.0 Å². The largest absolute Gasteiger partial charge is 0.508 e. The van der Waals surface area contributed by atoms with Crippen LogP contribution in [0, 0.1) is 23.7 Å². The van der Waals surface area contributed by atoms with Gasteiger partial charge in [0.1, 0.15) is 34.7 Å². The molecule has 0 spiro atoms. The number of hydrogen-bond acceptors (Lipinski definition) is 10. The fourth-order valence-corrected chi connectivity index (χ4v) is 8.83. The number of carbonyl (C=O) groups excluding carboxylic acids is 3. The van der Waals surface area contributed by atoms with E-state index in [-0.39, 0.29) is 79.7 Å². The summed E-state index contributed by atoms with van der Waals surface area (Å²) >= 11 is 0. The highest BCUT2D eigenvalue weighted by molar-refractivity contribution is 5.89. The van der Waals surface area contributed by atoms with Crippen LogP contribution in [-0.2, 0) is 45.0 Å². The van der Waals surface area contributed by atoms with E-state index in [0.717, 1.165) is 11.1 Å². The van der Waals surface area contributed by atoms with Crippen molar-refractivity contribution in [3.8, 4) is 29.1 Å². The number of ether oxygens (including phenoxy) is 2. The van der Waals surface area contributed by atoms with Gasteiger partial charge in [-0.25, -0.2) is 4.79 Å². The van der Waals surface area contributed by atoms with Crippen molar-refractivity contribution in [3.63, 3.8) is 0 Å². The summed E-state index contributed by atoms with van der Waals surface area (Å²) in [7, 11) is 0. The Morgan fingerprint density at radius 1 is 0.907 bits per heavy atom. The minimum Gasteiger partial charge on any atom is -0.508 e. The van der Waals surface area contributed by atoms with Crippen LogP contribution >= 0.6 is 0 Å². The van der Waals surface area contributed by atoms with E-state index in [4.69, 9.17) is 9.47 Å². The molecule has 3 aromatic carbocycles. The molecule has 0 aromatic heterocycles. The Bertz CT molecular complexity index is 2060. The quantitative estimate of drug-likeness (QED) is 0.136. The third kappa shape index (κ3) is 7.81. The summed E-state index contributed by atoms with van der Waals surface area (Å²) in [6.07, 6.45) is 1.35. The molecule has 7 atom stereocenters. The minimum absolute atomic E-state index is 0.0739. The van der Waals surface area contributed by atoms with Gasteiger partial charge >= 0.3 is 11.9 Å². The lowest BCUT2D eigenvalue weighted by atomic mass is 9.66. The van der Waals surface area contributed by atoms with Crippen LogP contribution in [0.15, 0.2) is 66.2 Å². The lowest BCUT2D eigenvalue weighted by molar-refractivity contribution is -0.176. The van der Waals surface area contributed by atoms with Crippen LogP contribution < -0.4 is 4.74 Å². The van der Waals surface area contributed by atoms with E-state index < -0.39 is 47.5 Å². The predicted molar refractivity (Wildman–Crippen MR) is 197 cm³/mol. The molecule has 1 saturated carbocycles. The first-order valence-corrected chi connectivity index (χ1v) is 18.9. The van der Waals surface area contributed by atoms with Crippen molar-refractivity contribution in [1.29, 1.82) is 0 Å². The second-order valence-electron chi connectivity index (χ2n) is 15.3. The second-order valence-corrected chi connectivity index (χ2v) is 15.3. The van der Waals surface area contributed by atoms with Crippen molar-refractivity contribution in [3.05, 3.63) is 99.6 Å². The molecule has 4 aliphatic rings. The number of esters is 2. The number of aliphatic hydroxyl groups excluding tert-OH is 2. The maximum absolute atomic E-state index is 14.6. The van der Waals surface area contributed by atoms with Gasteiger partial charge in [-0.2, -0.15) is 0 Å². The summed E-state index contributed by atoms with van der Waals surface area (Å²) in [5.74, 6) is 2.88. The Morgan fingerprint density at radius 3 is 2.46 bits per heavy atom. The number of phenols is 2. The van der Waals surface area contributed by atoms with Crippen LogP contribution in [0.25, 0.3) is 0 Å². The number of ketones is 1. The Kier molecular flexibility index (Phi) is 10.7. The second kappa shape index (κ2) is 15.4. The number of Topliss-reactive ketones (excluding diaryl/α,β-unsaturated/α-hetero) is 1. The van der Waals surface area contributed by atoms with Crippen molar-refractivity contribution in [2.75, 3.05) is 0 Å². The lowest BCUT2D eigenvalue weighted by Gasteiger charge is -2.45. The van der Waals surface area contributed by atoms with Gasteiger partial charge in [-0.1, -0.05) is 55.5 Å². The SMILES string of the molecule is CCC[C@]1(O)[C@@H]2CCC(=O)[C@H](Cc3cccc(c3)C[C@H](O)/C=C3/C[C@@H](c4cc(O)cc(CO)c4)C#C[C@H]4CC(=O)Oc5cc(O)c(cc54)C[C@H]1OC3=O)C2. The predicted octanol–water partition coefficient (Wildman–Crippen LogP) is 5.23. The number of phenolic OH excluding ortho intramolecular Hbond substituents is 2. The van der Waals surface area contributed by atoms with Crippen molar-refractivity contribution < 1.29 is 49.4 Å². The molecule has 0 saturated heterocycles. The molecule has 54 heavy (non-hydrogen) atoms. The van der Waals surface area contributed by atoms with Crippen LogP contribution in [0.1, 0.15) is 97.1 Å². The molecule has 1 fully saturated rings. The summed E-state index contributed by atoms with van der Waals surface area (Å²) in [5, 5.41) is 56.4. The van der Waals surface area contributed by atoms with Crippen LogP contribution in [0.5, 0.6) is 17.2 Å². The number of benzene rings is 3. The Morgan fingerprint density at radius 2 is 1.69 bits per heavy atom. The zero-order valence-electron chi connectivity index (χ0n) is 30.3. The number of aromatic hydroxyl groups is 2. The molecule has 3 heterocycles. The van der Waals surface area contributed by atoms with Crippen LogP contribution in [0.4, 0.5) is 0 Å². The molecule has 8 bridgehead atoms. The lowest BCUT2D eigenvalue weighted by Crippen LogP contribution is -2.54. The zero-order chi connectivity index (χ0) is 38.1. The third-order valence-electron chi connectivity index (χ3n) is 11.5. The van der Waals surface area contributed by atoms with E-state index in [2.05, 4.69) is 11.8 Å². The monoisotopic (exact) mass is 734 g/mol. The summed E-state index contributed by atoms with van der Waals surface area (Å²) in [6, 6.07) is 15.4. The summed E-state index contributed by atoms with van der Waals surface area (Å²) in [5.41, 5.74) is 2.07. The molecule has 5 N–H and O–H groups in total. The molecule has 3 aliphatic heterocycles. The molecule has 7 rings (SSSR count). The van der Waals surface area contributed by atoms with E-state index in [1.807, 2.05) is 31.2 Å². The molecule has 3 aromatic rings. The van der Waals surface area contributed by atoms with Gasteiger partial charge in [-0.15, -0.1) is 0 Å². The number of aliphatic hydroxyl groups is 3. The van der Waals surface area contributed by atoms with Crippen LogP contribution in [0.2, 0.25) is 0 Å². The van der Waals surface area contributed by atoms with Gasteiger partial charge < -0.3 is 35.0 Å². The van der Waals surface area contributed by atoms with Crippen molar-refractivity contribution in [2.24, 2.45) is 11.8 Å². The van der Waals surface area contributed by atoms with E-state index in [0.29, 0.717) is 47.9 Å². The number of rotatable bonds is 4. The Balaban J connectivity index is 1.44. The normalized spacial score (nSPS) is 29.3. The highest BCUT2D eigenvalue weighted by Crippen LogP contribution is 2.45. The smallest absolute Gasteiger partial charge is 0.334 e. The average molecular weight is 735 g/mol. The molecule has 1 aliphatic carbocycles. The number of hydrogen-bond donors (Lipinski definition) is 5. The highest BCUT2D eigenvalue weighted by atomic mass is 16.6. The molecule has 282 valence electrons. The van der Waals surface area contributed by atoms with E-state index in [1.54, 1.807) is 12.1 Å². The number of carbonyl (C=O) groups is 3. The standard InChI is InChI=1S/C44H46O10/c1-2-10-44(52)34-8-9-38(48)31(17-34)12-25-4-3-5-26(11-25)14-35(46)19-33-16-28(30-13-27(24-45)15-36(47)18-30)6-7-29-22-42(50)53-40-23-39(49)32(20-37(29)40)21-41(44)54-43(33)51/h3-5,11,13,15,18-20,23,28-29,31,34-35,41,45-47,49,52H,2,8-10,12,14,16-17,21-22,24H2,1H3/b33-19-/t28-,29-,31+,34+,35-,41+,44-/m0/s1. The average Bonchev–Trinajstić information content (AvgIpc) is 3.13. The molecule has 0 radical (unpaired) electrons. The van der Waals surface area contributed by atoms with Crippen molar-refractivity contribution >= 4 is 17.7 Å². The molecule has 0 amide bonds. The highest BCUT2D eigenvalue weighted by Gasteiger charge is 2.49. The maximum atomic E-state index is 14.6. The number of fused-ring (bicyclic) bond motifs is 8. The first-order chi connectivity index (χ1) is 25.9. The van der Waals surface area contributed by atoms with E-state index in [9.17, 15) is 39.9 Å². The third-order valence-corrected chi connectivity index (χ3v) is 11.5. The maximum Gasteiger partial charge on any atom is 0.334 e. The minimum atomic E-state index is -1.61. The first kappa shape index (κ1) is 37.4. The molecular weight excluding hydrogens is 688 g/mol. The summed E-state index contributed by atoms with van der Waals surface area (Å²) in [6.45, 7) is 1.57. The van der Waals surface area contributed by atoms with Gasteiger partial charge in [0.25, 0.3) is 0 Å². The zero-order valence-corrected chi connectivity index (χ0v) is 30.3.